The van der Waals surface area contributed by atoms with Gasteiger partial charge in [-0.3, -0.25) is 10.1 Å². The molecule has 0 aliphatic heterocycles. The van der Waals surface area contributed by atoms with E-state index < -0.39 is 0 Å². The van der Waals surface area contributed by atoms with E-state index in [9.17, 15) is 10.1 Å². The number of nitrogens with zero attached hydrogens (tertiary/aromatic N) is 2. The number of nitrogens with one attached hydrogen (secondary N) is 1. The maximum Gasteiger partial charge on any atom is 0.295 e. The number of para-hydroxylation sites is 1. The number of benzene rings is 1. The molecule has 0 radical (unpaired) electrons. The van der Waals surface area contributed by atoms with Crippen LogP contribution < -0.4 is 5.32 Å². The Kier molecular flexibility index (Phi) is 3.81. The molecular formula is C13H19N3O2. The maximum atomic E-state index is 11.0. The molecule has 1 saturated carbocycles. The highest BCUT2D eigenvalue weighted by Crippen LogP contribution is 2.28. The molecule has 0 atom stereocenters. The largest absolute Gasteiger partial charge is 0.378 e. The van der Waals surface area contributed by atoms with Gasteiger partial charge in [-0.15, -0.1) is 0 Å². The Morgan fingerprint density at radius 1 is 1.50 bits per heavy atom. The molecule has 1 aromatic carbocycles. The average Bonchev–Trinajstić information content (AvgIpc) is 3.12. The van der Waals surface area contributed by atoms with Gasteiger partial charge in [0.2, 0.25) is 0 Å². The predicted molar refractivity (Wildman–Crippen MR) is 72.0 cm³/mol. The van der Waals surface area contributed by atoms with Crippen LogP contribution in [-0.2, 0) is 0 Å². The lowest BCUT2D eigenvalue weighted by Crippen LogP contribution is -2.27. The monoisotopic (exact) mass is 249 g/mol. The van der Waals surface area contributed by atoms with E-state index in [0.717, 1.165) is 19.1 Å². The summed E-state index contributed by atoms with van der Waals surface area (Å²) in [5.74, 6) is 0. The van der Waals surface area contributed by atoms with Crippen molar-refractivity contribution < 1.29 is 4.92 Å². The first-order valence-corrected chi connectivity index (χ1v) is 6.27. The van der Waals surface area contributed by atoms with E-state index in [-0.39, 0.29) is 10.6 Å². The van der Waals surface area contributed by atoms with Crippen LogP contribution in [0.2, 0.25) is 0 Å². The van der Waals surface area contributed by atoms with Gasteiger partial charge in [-0.1, -0.05) is 12.1 Å². The lowest BCUT2D eigenvalue weighted by molar-refractivity contribution is -0.384. The minimum absolute atomic E-state index is 0.187. The molecule has 0 unspecified atom stereocenters. The van der Waals surface area contributed by atoms with E-state index in [4.69, 9.17) is 0 Å². The third-order valence-electron chi connectivity index (χ3n) is 3.37. The van der Waals surface area contributed by atoms with Crippen LogP contribution in [0.5, 0.6) is 0 Å². The van der Waals surface area contributed by atoms with Gasteiger partial charge in [-0.05, 0) is 32.9 Å². The lowest BCUT2D eigenvalue weighted by atomic mass is 10.1. The van der Waals surface area contributed by atoms with Crippen LogP contribution in [0.25, 0.3) is 0 Å². The van der Waals surface area contributed by atoms with Crippen molar-refractivity contribution in [3.63, 3.8) is 0 Å². The van der Waals surface area contributed by atoms with Crippen LogP contribution in [0.3, 0.4) is 0 Å². The van der Waals surface area contributed by atoms with Gasteiger partial charge in [0.15, 0.2) is 0 Å². The number of nitro groups is 1. The highest BCUT2D eigenvalue weighted by molar-refractivity contribution is 5.64. The normalized spacial score (nSPS) is 14.8. The number of rotatable bonds is 6. The molecule has 1 aromatic rings. The van der Waals surface area contributed by atoms with Crippen molar-refractivity contribution in [1.82, 2.24) is 4.90 Å². The number of aryl methyl sites for hydroxylation is 1. The SMILES string of the molecule is Cc1cccc(NCCN(C)C2CC2)c1[N+](=O)[O-]. The molecule has 1 aliphatic carbocycles. The van der Waals surface area contributed by atoms with Gasteiger partial charge in [-0.25, -0.2) is 0 Å². The Bertz CT molecular complexity index is 444. The van der Waals surface area contributed by atoms with E-state index >= 15 is 0 Å². The van der Waals surface area contributed by atoms with Gasteiger partial charge in [0, 0.05) is 24.7 Å². The Morgan fingerprint density at radius 3 is 2.83 bits per heavy atom. The van der Waals surface area contributed by atoms with Gasteiger partial charge in [0.1, 0.15) is 5.69 Å². The molecule has 1 N–H and O–H groups in total. The summed E-state index contributed by atoms with van der Waals surface area (Å²) in [5, 5.41) is 14.2. The summed E-state index contributed by atoms with van der Waals surface area (Å²) < 4.78 is 0. The fourth-order valence-corrected chi connectivity index (χ4v) is 2.11. The second-order valence-electron chi connectivity index (χ2n) is 4.87. The van der Waals surface area contributed by atoms with Crippen LogP contribution in [0.15, 0.2) is 18.2 Å². The van der Waals surface area contributed by atoms with Gasteiger partial charge >= 0.3 is 0 Å². The van der Waals surface area contributed by atoms with Crippen molar-refractivity contribution in [2.24, 2.45) is 0 Å². The van der Waals surface area contributed by atoms with Gasteiger partial charge in [0.25, 0.3) is 5.69 Å². The fourth-order valence-electron chi connectivity index (χ4n) is 2.11. The van der Waals surface area contributed by atoms with Crippen molar-refractivity contribution in [2.45, 2.75) is 25.8 Å². The molecule has 0 spiro atoms. The Hall–Kier alpha value is -1.62. The Labute approximate surface area is 107 Å². The molecule has 1 aliphatic rings. The van der Waals surface area contributed by atoms with E-state index in [1.165, 1.54) is 12.8 Å². The average molecular weight is 249 g/mol. The number of nitro benzene ring substituents is 1. The fraction of sp³-hybridized carbons (Fsp3) is 0.538. The quantitative estimate of drug-likeness (QED) is 0.621. The summed E-state index contributed by atoms with van der Waals surface area (Å²) in [6.07, 6.45) is 2.56. The molecule has 1 fully saturated rings. The molecule has 2 rings (SSSR count). The van der Waals surface area contributed by atoms with Crippen molar-refractivity contribution in [1.29, 1.82) is 0 Å². The van der Waals surface area contributed by atoms with Crippen LogP contribution in [0, 0.1) is 17.0 Å². The smallest absolute Gasteiger partial charge is 0.295 e. The van der Waals surface area contributed by atoms with E-state index in [2.05, 4.69) is 17.3 Å². The molecule has 0 amide bonds. The number of anilines is 1. The summed E-state index contributed by atoms with van der Waals surface area (Å²) in [6, 6.07) is 6.09. The first kappa shape index (κ1) is 12.8. The minimum atomic E-state index is -0.317. The summed E-state index contributed by atoms with van der Waals surface area (Å²) in [6.45, 7) is 3.41. The Morgan fingerprint density at radius 2 is 2.22 bits per heavy atom. The molecule has 0 bridgehead atoms. The number of likely N-dealkylation sites (N-methyl/N-ethyl adjacent to an activating group) is 1. The molecule has 0 aromatic heterocycles. The third kappa shape index (κ3) is 2.98. The highest BCUT2D eigenvalue weighted by atomic mass is 16.6. The van der Waals surface area contributed by atoms with Crippen LogP contribution in [-0.4, -0.2) is 36.0 Å². The van der Waals surface area contributed by atoms with Crippen LogP contribution in [0.4, 0.5) is 11.4 Å². The second-order valence-corrected chi connectivity index (χ2v) is 4.87. The molecule has 98 valence electrons. The van der Waals surface area contributed by atoms with Gasteiger partial charge in [0.05, 0.1) is 4.92 Å². The lowest BCUT2D eigenvalue weighted by Gasteiger charge is -2.16. The van der Waals surface area contributed by atoms with Crippen molar-refractivity contribution in [3.05, 3.63) is 33.9 Å². The first-order chi connectivity index (χ1) is 8.59. The zero-order chi connectivity index (χ0) is 13.1. The molecule has 5 heteroatoms. The molecule has 5 nitrogen and oxygen atoms in total. The summed E-state index contributed by atoms with van der Waals surface area (Å²) in [7, 11) is 2.10. The first-order valence-electron chi connectivity index (χ1n) is 6.27. The molecule has 0 saturated heterocycles. The van der Waals surface area contributed by atoms with Crippen molar-refractivity contribution >= 4 is 11.4 Å². The standard InChI is InChI=1S/C13H19N3O2/c1-10-4-3-5-12(13(10)16(17)18)14-8-9-15(2)11-6-7-11/h3-5,11,14H,6-9H2,1-2H3. The van der Waals surface area contributed by atoms with Gasteiger partial charge < -0.3 is 10.2 Å². The second kappa shape index (κ2) is 5.35. The molecule has 0 heterocycles. The van der Waals surface area contributed by atoms with E-state index in [1.54, 1.807) is 19.1 Å². The Balaban J connectivity index is 1.95. The summed E-state index contributed by atoms with van der Waals surface area (Å²) in [4.78, 5) is 13.0. The van der Waals surface area contributed by atoms with E-state index in [0.29, 0.717) is 11.3 Å². The van der Waals surface area contributed by atoms with Gasteiger partial charge in [-0.2, -0.15) is 0 Å². The summed E-state index contributed by atoms with van der Waals surface area (Å²) >= 11 is 0. The predicted octanol–water partition coefficient (Wildman–Crippen LogP) is 2.41. The number of hydrogen-bond acceptors (Lipinski definition) is 4. The topological polar surface area (TPSA) is 58.4 Å². The zero-order valence-electron chi connectivity index (χ0n) is 10.8. The summed E-state index contributed by atoms with van der Waals surface area (Å²) in [5.41, 5.74) is 1.50. The van der Waals surface area contributed by atoms with E-state index in [1.807, 2.05) is 6.07 Å². The third-order valence-corrected chi connectivity index (χ3v) is 3.37. The van der Waals surface area contributed by atoms with Crippen LogP contribution in [0.1, 0.15) is 18.4 Å². The highest BCUT2D eigenvalue weighted by Gasteiger charge is 2.25. The number of hydrogen-bond donors (Lipinski definition) is 1. The zero-order valence-corrected chi connectivity index (χ0v) is 10.8. The van der Waals surface area contributed by atoms with Crippen molar-refractivity contribution in [2.75, 3.05) is 25.5 Å². The minimum Gasteiger partial charge on any atom is -0.378 e. The molecule has 18 heavy (non-hydrogen) atoms. The maximum absolute atomic E-state index is 11.0. The molecular weight excluding hydrogens is 230 g/mol. The van der Waals surface area contributed by atoms with Crippen LogP contribution >= 0.6 is 0 Å². The van der Waals surface area contributed by atoms with Crippen molar-refractivity contribution in [3.8, 4) is 0 Å².